The number of hydrogen-bond donors (Lipinski definition) is 2. The first kappa shape index (κ1) is 15.0. The molecule has 0 aliphatic heterocycles. The van der Waals surface area contributed by atoms with E-state index >= 15 is 0 Å². The molecular weight excluding hydrogens is 242 g/mol. The fourth-order valence-electron chi connectivity index (χ4n) is 1.63. The minimum absolute atomic E-state index is 0.0336. The highest BCUT2D eigenvalue weighted by molar-refractivity contribution is 5.98. The maximum atomic E-state index is 12.2. The smallest absolute Gasteiger partial charge is 0.229 e. The molecule has 0 aliphatic carbocycles. The Bertz CT molecular complexity index is 466. The molecule has 1 aromatic rings. The van der Waals surface area contributed by atoms with Crippen molar-refractivity contribution >= 4 is 17.4 Å². The zero-order chi connectivity index (χ0) is 14.6. The predicted molar refractivity (Wildman–Crippen MR) is 76.4 cm³/mol. The van der Waals surface area contributed by atoms with Gasteiger partial charge in [-0.25, -0.2) is 0 Å². The summed E-state index contributed by atoms with van der Waals surface area (Å²) in [6.07, 6.45) is 0. The van der Waals surface area contributed by atoms with E-state index in [0.717, 1.165) is 5.69 Å². The number of nitrogens with zero attached hydrogens (tertiary/aromatic N) is 2. The fourth-order valence-corrected chi connectivity index (χ4v) is 1.63. The Kier molecular flexibility index (Phi) is 4.92. The summed E-state index contributed by atoms with van der Waals surface area (Å²) in [7, 11) is 1.75. The quantitative estimate of drug-likeness (QED) is 0.377. The number of anilines is 1. The normalized spacial score (nSPS) is 13.4. The molecule has 1 rings (SSSR count). The van der Waals surface area contributed by atoms with Crippen LogP contribution in [0.4, 0.5) is 5.69 Å². The Balaban J connectivity index is 2.89. The minimum Gasteiger partial charge on any atom is -0.409 e. The Labute approximate surface area is 113 Å². The van der Waals surface area contributed by atoms with Crippen LogP contribution in [0, 0.1) is 11.8 Å². The van der Waals surface area contributed by atoms with Crippen molar-refractivity contribution < 1.29 is 10.0 Å². The number of carbonyl (C=O) groups excluding carboxylic acids is 1. The summed E-state index contributed by atoms with van der Waals surface area (Å²) in [6, 6.07) is 6.99. The lowest BCUT2D eigenvalue weighted by molar-refractivity contribution is -0.122. The lowest BCUT2D eigenvalue weighted by atomic mass is 9.96. The van der Waals surface area contributed by atoms with E-state index < -0.39 is 0 Å². The standard InChI is InChI=1S/C14H21N3O2/c1-9(2)10(3)14(18)17(4)12-7-5-11(6-8-12)13(15)16-19/h5-10,19H,1-4H3,(H2,15,16). The lowest BCUT2D eigenvalue weighted by Gasteiger charge is -2.23. The van der Waals surface area contributed by atoms with Crippen molar-refractivity contribution in [3.05, 3.63) is 29.8 Å². The SMILES string of the molecule is CC(C)C(C)C(=O)N(C)c1ccc(C(N)=NO)cc1. The monoisotopic (exact) mass is 263 g/mol. The average molecular weight is 263 g/mol. The maximum absolute atomic E-state index is 12.2. The first-order valence-electron chi connectivity index (χ1n) is 6.24. The van der Waals surface area contributed by atoms with Gasteiger partial charge in [-0.2, -0.15) is 0 Å². The summed E-state index contributed by atoms with van der Waals surface area (Å²) in [6.45, 7) is 5.98. The van der Waals surface area contributed by atoms with Crippen molar-refractivity contribution in [3.63, 3.8) is 0 Å². The van der Waals surface area contributed by atoms with Crippen LogP contribution in [0.2, 0.25) is 0 Å². The molecule has 0 spiro atoms. The summed E-state index contributed by atoms with van der Waals surface area (Å²) in [4.78, 5) is 13.8. The van der Waals surface area contributed by atoms with E-state index in [1.807, 2.05) is 20.8 Å². The van der Waals surface area contributed by atoms with Gasteiger partial charge in [-0.05, 0) is 30.2 Å². The van der Waals surface area contributed by atoms with Crippen molar-refractivity contribution in [2.24, 2.45) is 22.7 Å². The second-order valence-corrected chi connectivity index (χ2v) is 4.96. The van der Waals surface area contributed by atoms with E-state index in [2.05, 4.69) is 5.16 Å². The van der Waals surface area contributed by atoms with Gasteiger partial charge in [0.2, 0.25) is 5.91 Å². The van der Waals surface area contributed by atoms with Crippen LogP contribution in [0.3, 0.4) is 0 Å². The lowest BCUT2D eigenvalue weighted by Crippen LogP contribution is -2.33. The van der Waals surface area contributed by atoms with Gasteiger partial charge in [-0.3, -0.25) is 4.79 Å². The van der Waals surface area contributed by atoms with Crippen LogP contribution >= 0.6 is 0 Å². The molecule has 0 bridgehead atoms. The number of oxime groups is 1. The van der Waals surface area contributed by atoms with E-state index in [1.165, 1.54) is 0 Å². The molecule has 1 unspecified atom stereocenters. The Hall–Kier alpha value is -2.04. The molecule has 0 fully saturated rings. The van der Waals surface area contributed by atoms with Crippen LogP contribution in [-0.2, 0) is 4.79 Å². The van der Waals surface area contributed by atoms with Crippen LogP contribution in [0.5, 0.6) is 0 Å². The Morgan fingerprint density at radius 2 is 1.79 bits per heavy atom. The molecule has 1 atom stereocenters. The molecule has 1 amide bonds. The number of carbonyl (C=O) groups is 1. The third-order valence-electron chi connectivity index (χ3n) is 3.38. The van der Waals surface area contributed by atoms with Gasteiger partial charge in [0.15, 0.2) is 5.84 Å². The summed E-state index contributed by atoms with van der Waals surface area (Å²) in [5, 5.41) is 11.5. The molecular formula is C14H21N3O2. The number of benzene rings is 1. The van der Waals surface area contributed by atoms with Crippen molar-refractivity contribution in [2.45, 2.75) is 20.8 Å². The number of hydrogen-bond acceptors (Lipinski definition) is 3. The van der Waals surface area contributed by atoms with E-state index in [1.54, 1.807) is 36.2 Å². The van der Waals surface area contributed by atoms with E-state index in [4.69, 9.17) is 10.9 Å². The van der Waals surface area contributed by atoms with Gasteiger partial charge < -0.3 is 15.8 Å². The van der Waals surface area contributed by atoms with Crippen LogP contribution < -0.4 is 10.6 Å². The van der Waals surface area contributed by atoms with Gasteiger partial charge in [0, 0.05) is 24.2 Å². The predicted octanol–water partition coefficient (Wildman–Crippen LogP) is 2.04. The zero-order valence-electron chi connectivity index (χ0n) is 11.8. The molecule has 0 radical (unpaired) electrons. The second-order valence-electron chi connectivity index (χ2n) is 4.96. The van der Waals surface area contributed by atoms with E-state index in [9.17, 15) is 4.79 Å². The number of rotatable bonds is 4. The van der Waals surface area contributed by atoms with Crippen LogP contribution in [0.15, 0.2) is 29.4 Å². The van der Waals surface area contributed by atoms with Crippen LogP contribution in [-0.4, -0.2) is 24.0 Å². The first-order chi connectivity index (χ1) is 8.88. The topological polar surface area (TPSA) is 78.9 Å². The summed E-state index contributed by atoms with van der Waals surface area (Å²) >= 11 is 0. The van der Waals surface area contributed by atoms with Crippen molar-refractivity contribution in [2.75, 3.05) is 11.9 Å². The zero-order valence-corrected chi connectivity index (χ0v) is 11.8. The number of nitrogens with two attached hydrogens (primary N) is 1. The van der Waals surface area contributed by atoms with Gasteiger partial charge in [-0.15, -0.1) is 0 Å². The molecule has 0 saturated carbocycles. The molecule has 5 nitrogen and oxygen atoms in total. The largest absolute Gasteiger partial charge is 0.409 e. The third kappa shape index (κ3) is 3.47. The first-order valence-corrected chi connectivity index (χ1v) is 6.24. The summed E-state index contributed by atoms with van der Waals surface area (Å²) in [5.74, 6) is 0.391. The third-order valence-corrected chi connectivity index (χ3v) is 3.38. The minimum atomic E-state index is -0.0336. The summed E-state index contributed by atoms with van der Waals surface area (Å²) < 4.78 is 0. The molecule has 1 aromatic carbocycles. The fraction of sp³-hybridized carbons (Fsp3) is 0.429. The second kappa shape index (κ2) is 6.22. The van der Waals surface area contributed by atoms with Gasteiger partial charge in [0.1, 0.15) is 0 Å². The van der Waals surface area contributed by atoms with Gasteiger partial charge in [0.05, 0.1) is 0 Å². The van der Waals surface area contributed by atoms with Gasteiger partial charge in [0.25, 0.3) is 0 Å². The van der Waals surface area contributed by atoms with Crippen LogP contribution in [0.1, 0.15) is 26.3 Å². The molecule has 3 N–H and O–H groups in total. The number of amidine groups is 1. The highest BCUT2D eigenvalue weighted by atomic mass is 16.4. The molecule has 0 aliphatic rings. The molecule has 19 heavy (non-hydrogen) atoms. The van der Waals surface area contributed by atoms with Gasteiger partial charge >= 0.3 is 0 Å². The molecule has 0 saturated heterocycles. The maximum Gasteiger partial charge on any atom is 0.229 e. The highest BCUT2D eigenvalue weighted by Crippen LogP contribution is 2.19. The average Bonchev–Trinajstić information content (AvgIpc) is 2.44. The Morgan fingerprint density at radius 1 is 1.26 bits per heavy atom. The number of amides is 1. The Morgan fingerprint density at radius 3 is 2.21 bits per heavy atom. The molecule has 5 heteroatoms. The van der Waals surface area contributed by atoms with E-state index in [-0.39, 0.29) is 17.7 Å². The van der Waals surface area contributed by atoms with Crippen molar-refractivity contribution in [1.29, 1.82) is 0 Å². The van der Waals surface area contributed by atoms with E-state index in [0.29, 0.717) is 11.5 Å². The molecule has 0 aromatic heterocycles. The van der Waals surface area contributed by atoms with Crippen molar-refractivity contribution in [1.82, 2.24) is 0 Å². The van der Waals surface area contributed by atoms with Crippen LogP contribution in [0.25, 0.3) is 0 Å². The van der Waals surface area contributed by atoms with Crippen molar-refractivity contribution in [3.8, 4) is 0 Å². The molecule has 104 valence electrons. The van der Waals surface area contributed by atoms with Gasteiger partial charge in [-0.1, -0.05) is 25.9 Å². The summed E-state index contributed by atoms with van der Waals surface area (Å²) in [5.41, 5.74) is 6.89. The highest BCUT2D eigenvalue weighted by Gasteiger charge is 2.21. The molecule has 0 heterocycles.